The van der Waals surface area contributed by atoms with E-state index in [0.717, 1.165) is 12.5 Å². The highest BCUT2D eigenvalue weighted by atomic mass is 79.9. The van der Waals surface area contributed by atoms with E-state index in [4.69, 9.17) is 0 Å². The number of hydrogen-bond donors (Lipinski definition) is 1. The smallest absolute Gasteiger partial charge is 0.0343 e. The molecule has 0 heterocycles. The standard InChI is InChI=1S/C15H22BrN/c1-12-10-14(8-9-15(12)16)17-11-13-6-4-2-3-5-7-13/h8-10,13,17H,2-7,11H2,1H3. The first kappa shape index (κ1) is 12.9. The summed E-state index contributed by atoms with van der Waals surface area (Å²) in [5.41, 5.74) is 2.56. The topological polar surface area (TPSA) is 12.0 Å². The zero-order valence-corrected chi connectivity index (χ0v) is 12.2. The Bertz CT molecular complexity index is 354. The fourth-order valence-corrected chi connectivity index (χ4v) is 2.83. The van der Waals surface area contributed by atoms with Crippen LogP contribution in [-0.4, -0.2) is 6.54 Å². The lowest BCUT2D eigenvalue weighted by atomic mass is 10.0. The Balaban J connectivity index is 1.85. The van der Waals surface area contributed by atoms with Gasteiger partial charge >= 0.3 is 0 Å². The van der Waals surface area contributed by atoms with Crippen LogP contribution >= 0.6 is 15.9 Å². The van der Waals surface area contributed by atoms with Crippen LogP contribution in [0.25, 0.3) is 0 Å². The molecule has 0 aliphatic heterocycles. The van der Waals surface area contributed by atoms with Crippen molar-refractivity contribution in [2.45, 2.75) is 45.4 Å². The van der Waals surface area contributed by atoms with Crippen LogP contribution in [0.2, 0.25) is 0 Å². The van der Waals surface area contributed by atoms with Crippen molar-refractivity contribution in [2.75, 3.05) is 11.9 Å². The Hall–Kier alpha value is -0.500. The molecule has 0 spiro atoms. The molecule has 0 atom stereocenters. The maximum Gasteiger partial charge on any atom is 0.0343 e. The summed E-state index contributed by atoms with van der Waals surface area (Å²) in [5.74, 6) is 0.876. The van der Waals surface area contributed by atoms with E-state index < -0.39 is 0 Å². The maximum absolute atomic E-state index is 3.59. The van der Waals surface area contributed by atoms with Gasteiger partial charge in [0.1, 0.15) is 0 Å². The van der Waals surface area contributed by atoms with Crippen LogP contribution in [-0.2, 0) is 0 Å². The fourth-order valence-electron chi connectivity index (χ4n) is 2.58. The molecule has 1 aliphatic carbocycles. The molecule has 0 saturated heterocycles. The molecule has 0 amide bonds. The van der Waals surface area contributed by atoms with Gasteiger partial charge in [0.05, 0.1) is 0 Å². The van der Waals surface area contributed by atoms with Crippen molar-refractivity contribution >= 4 is 21.6 Å². The predicted molar refractivity (Wildman–Crippen MR) is 78.6 cm³/mol. The first-order valence-corrected chi connectivity index (χ1v) is 7.55. The molecule has 0 bridgehead atoms. The van der Waals surface area contributed by atoms with Gasteiger partial charge in [-0.05, 0) is 49.4 Å². The van der Waals surface area contributed by atoms with Gasteiger partial charge in [0, 0.05) is 16.7 Å². The van der Waals surface area contributed by atoms with Crippen LogP contribution in [0, 0.1) is 12.8 Å². The van der Waals surface area contributed by atoms with Crippen LogP contribution in [0.3, 0.4) is 0 Å². The van der Waals surface area contributed by atoms with Crippen LogP contribution in [0.15, 0.2) is 22.7 Å². The van der Waals surface area contributed by atoms with Crippen LogP contribution in [0.4, 0.5) is 5.69 Å². The number of benzene rings is 1. The van der Waals surface area contributed by atoms with Crippen LogP contribution in [0.5, 0.6) is 0 Å². The van der Waals surface area contributed by atoms with Gasteiger partial charge in [0.15, 0.2) is 0 Å². The largest absolute Gasteiger partial charge is 0.385 e. The van der Waals surface area contributed by atoms with Gasteiger partial charge in [-0.1, -0.05) is 41.6 Å². The predicted octanol–water partition coefficient (Wildman–Crippen LogP) is 5.14. The summed E-state index contributed by atoms with van der Waals surface area (Å²) in [5, 5.41) is 3.59. The van der Waals surface area contributed by atoms with Crippen molar-refractivity contribution in [1.29, 1.82) is 0 Å². The number of nitrogens with one attached hydrogen (secondary N) is 1. The molecule has 2 heteroatoms. The van der Waals surface area contributed by atoms with Gasteiger partial charge in [0.2, 0.25) is 0 Å². The minimum Gasteiger partial charge on any atom is -0.385 e. The van der Waals surface area contributed by atoms with Crippen molar-refractivity contribution in [3.8, 4) is 0 Å². The Morgan fingerprint density at radius 1 is 1.18 bits per heavy atom. The fraction of sp³-hybridized carbons (Fsp3) is 0.600. The molecule has 1 aromatic rings. The molecule has 17 heavy (non-hydrogen) atoms. The molecule has 0 aromatic heterocycles. The highest BCUT2D eigenvalue weighted by Crippen LogP contribution is 2.24. The van der Waals surface area contributed by atoms with E-state index >= 15 is 0 Å². The third kappa shape index (κ3) is 4.02. The van der Waals surface area contributed by atoms with Crippen LogP contribution in [0.1, 0.15) is 44.1 Å². The number of halogens is 1. The molecule has 1 nitrogen and oxygen atoms in total. The lowest BCUT2D eigenvalue weighted by Gasteiger charge is -2.16. The van der Waals surface area contributed by atoms with Gasteiger partial charge in [-0.3, -0.25) is 0 Å². The van der Waals surface area contributed by atoms with E-state index in [1.165, 1.54) is 54.2 Å². The maximum atomic E-state index is 3.59. The summed E-state index contributed by atoms with van der Waals surface area (Å²) in [7, 11) is 0. The first-order chi connectivity index (χ1) is 8.25. The average Bonchev–Trinajstić information content (AvgIpc) is 2.59. The van der Waals surface area contributed by atoms with Gasteiger partial charge in [-0.15, -0.1) is 0 Å². The van der Waals surface area contributed by atoms with Crippen molar-refractivity contribution < 1.29 is 0 Å². The minimum absolute atomic E-state index is 0.876. The Morgan fingerprint density at radius 3 is 2.53 bits per heavy atom. The molecule has 0 unspecified atom stereocenters. The molecule has 1 fully saturated rings. The second kappa shape index (κ2) is 6.44. The molecule has 1 N–H and O–H groups in total. The lowest BCUT2D eigenvalue weighted by Crippen LogP contribution is -2.13. The summed E-state index contributed by atoms with van der Waals surface area (Å²) in [6.45, 7) is 3.28. The number of aryl methyl sites for hydroxylation is 1. The van der Waals surface area contributed by atoms with E-state index in [1.54, 1.807) is 0 Å². The highest BCUT2D eigenvalue weighted by Gasteiger charge is 2.11. The second-order valence-corrected chi connectivity index (χ2v) is 6.06. The molecule has 94 valence electrons. The molecule has 1 aromatic carbocycles. The van der Waals surface area contributed by atoms with E-state index in [2.05, 4.69) is 46.4 Å². The molecule has 0 radical (unpaired) electrons. The van der Waals surface area contributed by atoms with E-state index in [0.29, 0.717) is 0 Å². The van der Waals surface area contributed by atoms with Gasteiger partial charge in [-0.25, -0.2) is 0 Å². The Morgan fingerprint density at radius 2 is 1.88 bits per heavy atom. The molecular formula is C15H22BrN. The van der Waals surface area contributed by atoms with Crippen molar-refractivity contribution in [3.05, 3.63) is 28.2 Å². The summed E-state index contributed by atoms with van der Waals surface area (Å²) >= 11 is 3.54. The van der Waals surface area contributed by atoms with E-state index in [9.17, 15) is 0 Å². The molecule has 2 rings (SSSR count). The number of hydrogen-bond acceptors (Lipinski definition) is 1. The summed E-state index contributed by atoms with van der Waals surface area (Å²) in [4.78, 5) is 0. The average molecular weight is 296 g/mol. The van der Waals surface area contributed by atoms with Gasteiger partial charge in [-0.2, -0.15) is 0 Å². The second-order valence-electron chi connectivity index (χ2n) is 5.20. The van der Waals surface area contributed by atoms with E-state index in [1.807, 2.05) is 0 Å². The number of anilines is 1. The zero-order valence-electron chi connectivity index (χ0n) is 10.6. The van der Waals surface area contributed by atoms with Crippen molar-refractivity contribution in [1.82, 2.24) is 0 Å². The van der Waals surface area contributed by atoms with E-state index in [-0.39, 0.29) is 0 Å². The molecule has 1 aliphatic rings. The molecular weight excluding hydrogens is 274 g/mol. The SMILES string of the molecule is Cc1cc(NCC2CCCCCC2)ccc1Br. The normalized spacial score (nSPS) is 17.8. The summed E-state index contributed by atoms with van der Waals surface area (Å²) in [6.07, 6.45) is 8.53. The monoisotopic (exact) mass is 295 g/mol. The Labute approximate surface area is 113 Å². The van der Waals surface area contributed by atoms with Crippen molar-refractivity contribution in [3.63, 3.8) is 0 Å². The third-order valence-electron chi connectivity index (χ3n) is 3.73. The van der Waals surface area contributed by atoms with Gasteiger partial charge in [0.25, 0.3) is 0 Å². The van der Waals surface area contributed by atoms with Crippen molar-refractivity contribution in [2.24, 2.45) is 5.92 Å². The summed E-state index contributed by atoms with van der Waals surface area (Å²) < 4.78 is 1.19. The lowest BCUT2D eigenvalue weighted by molar-refractivity contribution is 0.483. The summed E-state index contributed by atoms with van der Waals surface area (Å²) in [6, 6.07) is 6.51. The molecule has 1 saturated carbocycles. The quantitative estimate of drug-likeness (QED) is 0.761. The minimum atomic E-state index is 0.876. The Kier molecular flexibility index (Phi) is 4.90. The highest BCUT2D eigenvalue weighted by molar-refractivity contribution is 9.10. The van der Waals surface area contributed by atoms with Gasteiger partial charge < -0.3 is 5.32 Å². The number of rotatable bonds is 3. The third-order valence-corrected chi connectivity index (χ3v) is 4.62. The first-order valence-electron chi connectivity index (χ1n) is 6.76. The zero-order chi connectivity index (χ0) is 12.1. The van der Waals surface area contributed by atoms with Crippen LogP contribution < -0.4 is 5.32 Å².